The molecule has 0 radical (unpaired) electrons. The van der Waals surface area contributed by atoms with Crippen LogP contribution in [-0.2, 0) is 6.18 Å². The van der Waals surface area contributed by atoms with Crippen LogP contribution >= 0.6 is 11.6 Å². The van der Waals surface area contributed by atoms with Crippen molar-refractivity contribution in [3.63, 3.8) is 0 Å². The predicted octanol–water partition coefficient (Wildman–Crippen LogP) is 5.00. The van der Waals surface area contributed by atoms with E-state index in [9.17, 15) is 23.3 Å². The number of rotatable bonds is 6. The fraction of sp³-hybridized carbons (Fsp3) is 0.118. The molecule has 13 heteroatoms. The maximum absolute atomic E-state index is 12.8. The van der Waals surface area contributed by atoms with Crippen LogP contribution in [-0.4, -0.2) is 27.0 Å². The molecular weight excluding hydrogens is 431 g/mol. The molecule has 3 rings (SSSR count). The van der Waals surface area contributed by atoms with Gasteiger partial charge in [-0.05, 0) is 18.2 Å². The Bertz CT molecular complexity index is 1100. The molecule has 2 aromatic heterocycles. The van der Waals surface area contributed by atoms with Crippen molar-refractivity contribution in [3.8, 4) is 17.4 Å². The van der Waals surface area contributed by atoms with Crippen molar-refractivity contribution in [1.82, 2.24) is 15.0 Å². The second-order valence-electron chi connectivity index (χ2n) is 5.56. The van der Waals surface area contributed by atoms with Crippen molar-refractivity contribution in [1.29, 1.82) is 0 Å². The number of hydrogen-bond donors (Lipinski definition) is 1. The van der Waals surface area contributed by atoms with Gasteiger partial charge in [0.2, 0.25) is 5.82 Å². The highest BCUT2D eigenvalue weighted by molar-refractivity contribution is 6.33. The fourth-order valence-electron chi connectivity index (χ4n) is 2.30. The minimum atomic E-state index is -4.65. The van der Waals surface area contributed by atoms with E-state index in [-0.39, 0.29) is 17.4 Å². The topological polar surface area (TPSA) is 112 Å². The van der Waals surface area contributed by atoms with E-state index in [1.165, 1.54) is 13.2 Å². The number of para-hydroxylation sites is 2. The zero-order chi connectivity index (χ0) is 21.9. The van der Waals surface area contributed by atoms with Gasteiger partial charge >= 0.3 is 17.7 Å². The van der Waals surface area contributed by atoms with Gasteiger partial charge in [0.1, 0.15) is 6.33 Å². The van der Waals surface area contributed by atoms with E-state index < -0.39 is 33.3 Å². The number of alkyl halides is 3. The van der Waals surface area contributed by atoms with Crippen molar-refractivity contribution in [2.75, 3.05) is 12.4 Å². The summed E-state index contributed by atoms with van der Waals surface area (Å²) in [5.74, 6) is -0.625. The van der Waals surface area contributed by atoms with Crippen LogP contribution in [0, 0.1) is 10.1 Å². The average molecular weight is 442 g/mol. The molecule has 156 valence electrons. The van der Waals surface area contributed by atoms with Crippen molar-refractivity contribution >= 4 is 28.9 Å². The number of nitrogens with one attached hydrogen (secondary N) is 1. The molecule has 0 spiro atoms. The number of benzene rings is 1. The second-order valence-corrected chi connectivity index (χ2v) is 5.97. The highest BCUT2D eigenvalue weighted by atomic mass is 35.5. The fourth-order valence-corrected chi connectivity index (χ4v) is 2.51. The Hall–Kier alpha value is -3.67. The number of anilines is 2. The van der Waals surface area contributed by atoms with Crippen molar-refractivity contribution in [2.45, 2.75) is 6.18 Å². The number of nitro groups is 1. The van der Waals surface area contributed by atoms with E-state index in [0.717, 1.165) is 6.33 Å². The van der Waals surface area contributed by atoms with Crippen LogP contribution < -0.4 is 14.8 Å². The highest BCUT2D eigenvalue weighted by Crippen LogP contribution is 2.39. The first-order chi connectivity index (χ1) is 14.2. The second kappa shape index (κ2) is 8.37. The Morgan fingerprint density at radius 2 is 1.83 bits per heavy atom. The van der Waals surface area contributed by atoms with Crippen molar-refractivity contribution < 1.29 is 27.6 Å². The van der Waals surface area contributed by atoms with Crippen LogP contribution in [0.5, 0.6) is 17.4 Å². The summed E-state index contributed by atoms with van der Waals surface area (Å²) in [5.41, 5.74) is -1.75. The van der Waals surface area contributed by atoms with E-state index in [0.29, 0.717) is 18.0 Å². The van der Waals surface area contributed by atoms with Gasteiger partial charge in [0, 0.05) is 6.20 Å². The van der Waals surface area contributed by atoms with Gasteiger partial charge in [-0.15, -0.1) is 0 Å². The molecule has 30 heavy (non-hydrogen) atoms. The number of nitrogens with zero attached hydrogens (tertiary/aromatic N) is 4. The summed E-state index contributed by atoms with van der Waals surface area (Å²) in [7, 11) is 1.39. The largest absolute Gasteiger partial charge is 0.493 e. The van der Waals surface area contributed by atoms with Crippen LogP contribution in [0.15, 0.2) is 42.9 Å². The summed E-state index contributed by atoms with van der Waals surface area (Å²) < 4.78 is 48.9. The smallest absolute Gasteiger partial charge is 0.417 e. The Balaban J connectivity index is 1.99. The van der Waals surface area contributed by atoms with Gasteiger partial charge in [-0.3, -0.25) is 10.1 Å². The zero-order valence-corrected chi connectivity index (χ0v) is 15.7. The third-order valence-corrected chi connectivity index (χ3v) is 3.94. The summed E-state index contributed by atoms with van der Waals surface area (Å²) in [6.45, 7) is 0. The summed E-state index contributed by atoms with van der Waals surface area (Å²) in [4.78, 5) is 21.9. The monoisotopic (exact) mass is 441 g/mol. The van der Waals surface area contributed by atoms with Crippen LogP contribution in [0.4, 0.5) is 30.5 Å². The Morgan fingerprint density at radius 1 is 1.13 bits per heavy atom. The summed E-state index contributed by atoms with van der Waals surface area (Å²) in [5, 5.41) is 13.6. The molecule has 0 unspecified atom stereocenters. The van der Waals surface area contributed by atoms with Gasteiger partial charge in [0.15, 0.2) is 17.3 Å². The van der Waals surface area contributed by atoms with E-state index in [1.54, 1.807) is 18.2 Å². The van der Waals surface area contributed by atoms with E-state index >= 15 is 0 Å². The maximum atomic E-state index is 12.8. The number of aromatic nitrogens is 3. The molecule has 0 bridgehead atoms. The lowest BCUT2D eigenvalue weighted by molar-refractivity contribution is -0.385. The number of halogens is 4. The Kier molecular flexibility index (Phi) is 5.87. The van der Waals surface area contributed by atoms with Gasteiger partial charge in [-0.1, -0.05) is 23.7 Å². The molecule has 0 aliphatic carbocycles. The summed E-state index contributed by atoms with van der Waals surface area (Å²) >= 11 is 5.84. The minimum Gasteiger partial charge on any atom is -0.493 e. The Labute approximate surface area is 171 Å². The first-order valence-corrected chi connectivity index (χ1v) is 8.38. The molecule has 0 atom stereocenters. The predicted molar refractivity (Wildman–Crippen MR) is 99.3 cm³/mol. The Morgan fingerprint density at radius 3 is 2.43 bits per heavy atom. The van der Waals surface area contributed by atoms with Crippen LogP contribution in [0.1, 0.15) is 5.56 Å². The highest BCUT2D eigenvalue weighted by Gasteiger charge is 2.32. The lowest BCUT2D eigenvalue weighted by Gasteiger charge is -2.12. The molecule has 0 aliphatic rings. The van der Waals surface area contributed by atoms with Crippen molar-refractivity contribution in [2.24, 2.45) is 0 Å². The average Bonchev–Trinajstić information content (AvgIpc) is 2.69. The quantitative estimate of drug-likeness (QED) is 0.420. The third-order valence-electron chi connectivity index (χ3n) is 3.65. The van der Waals surface area contributed by atoms with Crippen LogP contribution in [0.25, 0.3) is 0 Å². The minimum absolute atomic E-state index is 0.151. The molecule has 0 saturated heterocycles. The van der Waals surface area contributed by atoms with Gasteiger partial charge < -0.3 is 14.8 Å². The zero-order valence-electron chi connectivity index (χ0n) is 15.0. The number of hydrogen-bond acceptors (Lipinski definition) is 8. The number of ether oxygens (including phenoxy) is 2. The summed E-state index contributed by atoms with van der Waals surface area (Å²) in [6, 6.07) is 7.01. The standard InChI is InChI=1S/C17H11ClF3N5O4/c1-29-11-4-2-3-5-12(11)30-16-13(26(27)28)15(23-8-24-16)25-14-10(18)6-9(7-22-14)17(19,20)21/h2-8H,1H3,(H,22,23,24,25). The molecule has 1 aromatic carbocycles. The molecule has 2 heterocycles. The molecule has 0 saturated carbocycles. The molecular formula is C17H11ClF3N5O4. The molecule has 0 fully saturated rings. The molecule has 0 aliphatic heterocycles. The van der Waals surface area contributed by atoms with Crippen LogP contribution in [0.2, 0.25) is 5.02 Å². The van der Waals surface area contributed by atoms with Crippen LogP contribution in [0.3, 0.4) is 0 Å². The number of methoxy groups -OCH3 is 1. The third kappa shape index (κ3) is 4.49. The van der Waals surface area contributed by atoms with Crippen molar-refractivity contribution in [3.05, 3.63) is 63.6 Å². The van der Waals surface area contributed by atoms with E-state index in [2.05, 4.69) is 20.3 Å². The van der Waals surface area contributed by atoms with Gasteiger partial charge in [0.05, 0.1) is 22.6 Å². The lowest BCUT2D eigenvalue weighted by Crippen LogP contribution is -2.08. The van der Waals surface area contributed by atoms with Gasteiger partial charge in [0.25, 0.3) is 0 Å². The molecule has 1 N–H and O–H groups in total. The van der Waals surface area contributed by atoms with E-state index in [1.807, 2.05) is 0 Å². The molecule has 3 aromatic rings. The summed E-state index contributed by atoms with van der Waals surface area (Å²) in [6.07, 6.45) is -3.14. The van der Waals surface area contributed by atoms with Gasteiger partial charge in [-0.2, -0.15) is 18.2 Å². The number of pyridine rings is 1. The normalized spacial score (nSPS) is 11.1. The van der Waals surface area contributed by atoms with E-state index in [4.69, 9.17) is 21.1 Å². The molecule has 0 amide bonds. The van der Waals surface area contributed by atoms with Gasteiger partial charge in [-0.25, -0.2) is 9.97 Å². The maximum Gasteiger partial charge on any atom is 0.417 e. The SMILES string of the molecule is COc1ccccc1Oc1ncnc(Nc2ncc(C(F)(F)F)cc2Cl)c1[N+](=O)[O-]. The lowest BCUT2D eigenvalue weighted by atomic mass is 10.3. The molecule has 9 nitrogen and oxygen atoms in total. The first kappa shape index (κ1) is 21.0. The first-order valence-electron chi connectivity index (χ1n) is 8.00.